The van der Waals surface area contributed by atoms with E-state index < -0.39 is 10.0 Å². The second kappa shape index (κ2) is 6.50. The van der Waals surface area contributed by atoms with Crippen molar-refractivity contribution in [3.05, 3.63) is 60.4 Å². The Labute approximate surface area is 147 Å². The lowest BCUT2D eigenvalue weighted by atomic mass is 10.2. The summed E-state index contributed by atoms with van der Waals surface area (Å²) >= 11 is 0. The molecule has 0 bridgehead atoms. The maximum Gasteiger partial charge on any atom is 0.243 e. The van der Waals surface area contributed by atoms with Gasteiger partial charge in [0.05, 0.1) is 11.3 Å². The third kappa shape index (κ3) is 3.12. The predicted octanol–water partition coefficient (Wildman–Crippen LogP) is 1.82. The first-order valence-corrected chi connectivity index (χ1v) is 9.95. The molecule has 0 spiro atoms. The van der Waals surface area contributed by atoms with Crippen LogP contribution in [0.1, 0.15) is 5.56 Å². The van der Waals surface area contributed by atoms with Gasteiger partial charge >= 0.3 is 0 Å². The molecule has 3 aromatic rings. The zero-order valence-electron chi connectivity index (χ0n) is 13.8. The molecule has 1 fully saturated rings. The highest BCUT2D eigenvalue weighted by Gasteiger charge is 2.20. The largest absolute Gasteiger partial charge is 0.354 e. The summed E-state index contributed by atoms with van der Waals surface area (Å²) < 4.78 is 27.1. The summed E-state index contributed by atoms with van der Waals surface area (Å²) in [4.78, 5) is 6.70. The van der Waals surface area contributed by atoms with Gasteiger partial charge in [-0.1, -0.05) is 30.3 Å². The molecule has 0 unspecified atom stereocenters. The standard InChI is InChI=1S/C18H20N4O2S/c23-25(24,14-15-4-2-1-3-5-15)22-11-7-16-17(22)6-8-20-18(16)21-12-9-19-10-13-21/h1-8,11,19H,9-10,12-14H2. The molecule has 4 rings (SSSR count). The van der Waals surface area contributed by atoms with Crippen LogP contribution in [0, 0.1) is 0 Å². The van der Waals surface area contributed by atoms with Gasteiger partial charge in [-0.3, -0.25) is 0 Å². The van der Waals surface area contributed by atoms with Gasteiger partial charge < -0.3 is 10.2 Å². The molecule has 7 heteroatoms. The molecule has 1 aliphatic rings. The number of nitrogens with one attached hydrogen (secondary N) is 1. The van der Waals surface area contributed by atoms with E-state index in [0.717, 1.165) is 42.9 Å². The summed E-state index contributed by atoms with van der Waals surface area (Å²) in [5.41, 5.74) is 1.46. The fraction of sp³-hybridized carbons (Fsp3) is 0.278. The first kappa shape index (κ1) is 16.1. The Morgan fingerprint density at radius 3 is 2.56 bits per heavy atom. The van der Waals surface area contributed by atoms with Gasteiger partial charge in [-0.15, -0.1) is 0 Å². The van der Waals surface area contributed by atoms with E-state index in [1.807, 2.05) is 36.4 Å². The number of rotatable bonds is 4. The summed E-state index contributed by atoms with van der Waals surface area (Å²) in [5.74, 6) is 0.829. The monoisotopic (exact) mass is 356 g/mol. The van der Waals surface area contributed by atoms with Gasteiger partial charge in [-0.2, -0.15) is 0 Å². The number of hydrogen-bond acceptors (Lipinski definition) is 5. The topological polar surface area (TPSA) is 67.2 Å². The van der Waals surface area contributed by atoms with Crippen LogP contribution in [0.4, 0.5) is 5.82 Å². The summed E-state index contributed by atoms with van der Waals surface area (Å²) in [5, 5.41) is 4.19. The molecule has 1 aliphatic heterocycles. The van der Waals surface area contributed by atoms with Crippen molar-refractivity contribution >= 4 is 26.7 Å². The van der Waals surface area contributed by atoms with E-state index in [9.17, 15) is 8.42 Å². The van der Waals surface area contributed by atoms with Crippen LogP contribution in [-0.4, -0.2) is 43.6 Å². The molecule has 0 amide bonds. The number of benzene rings is 1. The van der Waals surface area contributed by atoms with Crippen LogP contribution in [0.2, 0.25) is 0 Å². The molecule has 3 heterocycles. The minimum atomic E-state index is -3.49. The van der Waals surface area contributed by atoms with Gasteiger partial charge in [-0.05, 0) is 17.7 Å². The van der Waals surface area contributed by atoms with Crippen LogP contribution in [0.5, 0.6) is 0 Å². The Kier molecular flexibility index (Phi) is 4.19. The van der Waals surface area contributed by atoms with E-state index in [1.54, 1.807) is 18.5 Å². The molecule has 0 atom stereocenters. The minimum absolute atomic E-state index is 0.0249. The van der Waals surface area contributed by atoms with Crippen molar-refractivity contribution in [1.29, 1.82) is 0 Å². The van der Waals surface area contributed by atoms with Crippen molar-refractivity contribution in [3.63, 3.8) is 0 Å². The number of aromatic nitrogens is 2. The number of piperazine rings is 1. The lowest BCUT2D eigenvalue weighted by Crippen LogP contribution is -2.43. The third-order valence-electron chi connectivity index (χ3n) is 4.47. The smallest absolute Gasteiger partial charge is 0.243 e. The Morgan fingerprint density at radius 2 is 1.80 bits per heavy atom. The summed E-state index contributed by atoms with van der Waals surface area (Å²) in [6.45, 7) is 3.55. The zero-order chi connectivity index (χ0) is 17.3. The Hall–Kier alpha value is -2.38. The normalized spacial score (nSPS) is 15.6. The fourth-order valence-electron chi connectivity index (χ4n) is 3.25. The van der Waals surface area contributed by atoms with Crippen LogP contribution in [0.3, 0.4) is 0 Å². The molecule has 6 nitrogen and oxygen atoms in total. The lowest BCUT2D eigenvalue weighted by Gasteiger charge is -2.28. The zero-order valence-corrected chi connectivity index (χ0v) is 14.6. The Balaban J connectivity index is 1.73. The average molecular weight is 356 g/mol. The Bertz CT molecular complexity index is 977. The van der Waals surface area contributed by atoms with Crippen LogP contribution in [-0.2, 0) is 15.8 Å². The summed E-state index contributed by atoms with van der Waals surface area (Å²) in [6.07, 6.45) is 3.32. The molecule has 2 aromatic heterocycles. The SMILES string of the molecule is O=S(=O)(Cc1ccccc1)n1ccc2c(N3CCNCC3)nccc21. The van der Waals surface area contributed by atoms with Crippen LogP contribution < -0.4 is 10.2 Å². The number of nitrogens with zero attached hydrogens (tertiary/aromatic N) is 3. The maximum atomic E-state index is 12.9. The minimum Gasteiger partial charge on any atom is -0.354 e. The average Bonchev–Trinajstić information content (AvgIpc) is 3.08. The van der Waals surface area contributed by atoms with Gasteiger partial charge in [0.1, 0.15) is 5.82 Å². The molecule has 0 radical (unpaired) electrons. The first-order chi connectivity index (χ1) is 12.1. The predicted molar refractivity (Wildman–Crippen MR) is 99.3 cm³/mol. The highest BCUT2D eigenvalue weighted by molar-refractivity contribution is 7.89. The van der Waals surface area contributed by atoms with Crippen molar-refractivity contribution in [2.45, 2.75) is 5.75 Å². The molecule has 130 valence electrons. The summed E-state index contributed by atoms with van der Waals surface area (Å²) in [7, 11) is -3.49. The summed E-state index contributed by atoms with van der Waals surface area (Å²) in [6, 6.07) is 12.9. The van der Waals surface area contributed by atoms with Crippen molar-refractivity contribution in [2.24, 2.45) is 0 Å². The van der Waals surface area contributed by atoms with E-state index in [2.05, 4.69) is 15.2 Å². The van der Waals surface area contributed by atoms with Gasteiger partial charge in [0.25, 0.3) is 0 Å². The quantitative estimate of drug-likeness (QED) is 0.772. The van der Waals surface area contributed by atoms with Gasteiger partial charge in [0.15, 0.2) is 0 Å². The lowest BCUT2D eigenvalue weighted by molar-refractivity contribution is 0.586. The molecule has 1 aromatic carbocycles. The second-order valence-electron chi connectivity index (χ2n) is 6.16. The molecular formula is C18H20N4O2S. The van der Waals surface area contributed by atoms with Crippen molar-refractivity contribution in [1.82, 2.24) is 14.3 Å². The fourth-order valence-corrected chi connectivity index (χ4v) is 4.71. The van der Waals surface area contributed by atoms with Crippen LogP contribution >= 0.6 is 0 Å². The van der Waals surface area contributed by atoms with Crippen LogP contribution in [0.15, 0.2) is 54.9 Å². The maximum absolute atomic E-state index is 12.9. The van der Waals surface area contributed by atoms with Gasteiger partial charge in [-0.25, -0.2) is 17.4 Å². The highest BCUT2D eigenvalue weighted by atomic mass is 32.2. The number of fused-ring (bicyclic) bond motifs is 1. The first-order valence-electron chi connectivity index (χ1n) is 8.34. The molecule has 25 heavy (non-hydrogen) atoms. The number of pyridine rings is 1. The van der Waals surface area contributed by atoms with E-state index >= 15 is 0 Å². The molecule has 0 aliphatic carbocycles. The Morgan fingerprint density at radius 1 is 1.04 bits per heavy atom. The molecule has 0 saturated carbocycles. The molecule has 1 saturated heterocycles. The highest BCUT2D eigenvalue weighted by Crippen LogP contribution is 2.27. The van der Waals surface area contributed by atoms with Gasteiger partial charge in [0.2, 0.25) is 10.0 Å². The number of hydrogen-bond donors (Lipinski definition) is 1. The second-order valence-corrected chi connectivity index (χ2v) is 8.00. The van der Waals surface area contributed by atoms with E-state index in [4.69, 9.17) is 0 Å². The van der Waals surface area contributed by atoms with Crippen molar-refractivity contribution < 1.29 is 8.42 Å². The van der Waals surface area contributed by atoms with E-state index in [-0.39, 0.29) is 5.75 Å². The van der Waals surface area contributed by atoms with Gasteiger partial charge in [0, 0.05) is 44.0 Å². The third-order valence-corrected chi connectivity index (χ3v) is 6.08. The molecule has 1 N–H and O–H groups in total. The van der Waals surface area contributed by atoms with Crippen LogP contribution in [0.25, 0.3) is 10.9 Å². The van der Waals surface area contributed by atoms with Crippen molar-refractivity contribution in [3.8, 4) is 0 Å². The number of anilines is 1. The van der Waals surface area contributed by atoms with E-state index in [1.165, 1.54) is 3.97 Å². The molecular weight excluding hydrogens is 336 g/mol. The van der Waals surface area contributed by atoms with E-state index in [0.29, 0.717) is 5.52 Å². The van der Waals surface area contributed by atoms with Crippen molar-refractivity contribution in [2.75, 3.05) is 31.1 Å².